The first-order valence-corrected chi connectivity index (χ1v) is 3.56. The summed E-state index contributed by atoms with van der Waals surface area (Å²) in [5, 5.41) is 0. The number of hydrogen-bond donors (Lipinski definition) is 0. The van der Waals surface area contributed by atoms with E-state index < -0.39 is 0 Å². The predicted molar refractivity (Wildman–Crippen MR) is 47.3 cm³/mol. The molecule has 0 atom stereocenters. The van der Waals surface area contributed by atoms with Crippen LogP contribution in [0.5, 0.6) is 0 Å². The molecule has 0 aromatic heterocycles. The minimum absolute atomic E-state index is 0.119. The molecule has 2 heteroatoms. The van der Waals surface area contributed by atoms with Crippen molar-refractivity contribution in [3.8, 4) is 0 Å². The standard InChI is InChI=1S/C9H15NO/c1-8(9(2)11)6-5-7-10(3)4/h5-7H,1-4H3/b7-5+,8-6-. The number of Topliss-reactive ketones (excluding diaryl/α,β-unsaturated/α-hetero) is 1. The lowest BCUT2D eigenvalue weighted by Crippen LogP contribution is -1.99. The molecule has 0 fully saturated rings. The van der Waals surface area contributed by atoms with Gasteiger partial charge in [-0.05, 0) is 31.7 Å². The number of ketones is 1. The lowest BCUT2D eigenvalue weighted by Gasteiger charge is -2.01. The Kier molecular flexibility index (Phi) is 4.27. The number of nitrogens with zero attached hydrogens (tertiary/aromatic N) is 1. The van der Waals surface area contributed by atoms with Crippen LogP contribution in [0.25, 0.3) is 0 Å². The SMILES string of the molecule is CC(=O)/C(C)=C\C=C\N(C)C. The Hall–Kier alpha value is -1.05. The monoisotopic (exact) mass is 153 g/mol. The van der Waals surface area contributed by atoms with Crippen LogP contribution in [0.1, 0.15) is 13.8 Å². The lowest BCUT2D eigenvalue weighted by atomic mass is 10.2. The summed E-state index contributed by atoms with van der Waals surface area (Å²) in [7, 11) is 3.88. The van der Waals surface area contributed by atoms with Gasteiger partial charge in [-0.2, -0.15) is 0 Å². The average molecular weight is 153 g/mol. The molecule has 0 aliphatic carbocycles. The quantitative estimate of drug-likeness (QED) is 0.453. The normalized spacial score (nSPS) is 12.2. The van der Waals surface area contributed by atoms with Crippen molar-refractivity contribution in [1.82, 2.24) is 4.90 Å². The first-order chi connectivity index (χ1) is 5.04. The van der Waals surface area contributed by atoms with Crippen molar-refractivity contribution in [3.63, 3.8) is 0 Å². The van der Waals surface area contributed by atoms with E-state index in [0.29, 0.717) is 0 Å². The number of hydrogen-bond acceptors (Lipinski definition) is 2. The molecule has 0 heterocycles. The van der Waals surface area contributed by atoms with Gasteiger partial charge in [0.25, 0.3) is 0 Å². The van der Waals surface area contributed by atoms with Gasteiger partial charge in [0.2, 0.25) is 0 Å². The van der Waals surface area contributed by atoms with Crippen molar-refractivity contribution in [3.05, 3.63) is 23.9 Å². The summed E-state index contributed by atoms with van der Waals surface area (Å²) in [4.78, 5) is 12.6. The average Bonchev–Trinajstić information content (AvgIpc) is 1.86. The molecule has 0 aliphatic heterocycles. The van der Waals surface area contributed by atoms with Crippen LogP contribution in [0.15, 0.2) is 23.9 Å². The Morgan fingerprint density at radius 1 is 1.27 bits per heavy atom. The van der Waals surface area contributed by atoms with E-state index in [4.69, 9.17) is 0 Å². The Labute approximate surface area is 68.2 Å². The van der Waals surface area contributed by atoms with Crippen LogP contribution in [0.2, 0.25) is 0 Å². The Morgan fingerprint density at radius 3 is 2.18 bits per heavy atom. The van der Waals surface area contributed by atoms with Crippen LogP contribution in [0, 0.1) is 0 Å². The van der Waals surface area contributed by atoms with Gasteiger partial charge in [-0.15, -0.1) is 0 Å². The Bertz CT molecular complexity index is 190. The fourth-order valence-corrected chi connectivity index (χ4v) is 0.477. The molecule has 0 aromatic rings. The van der Waals surface area contributed by atoms with E-state index in [2.05, 4.69) is 0 Å². The zero-order chi connectivity index (χ0) is 8.85. The van der Waals surface area contributed by atoms with Crippen LogP contribution in [0.4, 0.5) is 0 Å². The molecule has 0 saturated carbocycles. The molecule has 0 aromatic carbocycles. The lowest BCUT2D eigenvalue weighted by molar-refractivity contribution is -0.113. The fraction of sp³-hybridized carbons (Fsp3) is 0.444. The van der Waals surface area contributed by atoms with Gasteiger partial charge in [0, 0.05) is 14.1 Å². The van der Waals surface area contributed by atoms with Gasteiger partial charge in [0.15, 0.2) is 5.78 Å². The molecule has 2 nitrogen and oxygen atoms in total. The summed E-state index contributed by atoms with van der Waals surface area (Å²) in [5.74, 6) is 0.119. The number of allylic oxidation sites excluding steroid dienone is 3. The number of rotatable bonds is 3. The predicted octanol–water partition coefficient (Wildman–Crippen LogP) is 1.60. The van der Waals surface area contributed by atoms with Crippen molar-refractivity contribution in [2.45, 2.75) is 13.8 Å². The van der Waals surface area contributed by atoms with E-state index in [1.807, 2.05) is 44.3 Å². The molecular weight excluding hydrogens is 138 g/mol. The third-order valence-corrected chi connectivity index (χ3v) is 1.29. The van der Waals surface area contributed by atoms with E-state index in [1.165, 1.54) is 0 Å². The maximum Gasteiger partial charge on any atom is 0.155 e. The van der Waals surface area contributed by atoms with Crippen molar-refractivity contribution in [2.24, 2.45) is 0 Å². The first kappa shape index (κ1) is 9.95. The molecule has 0 bridgehead atoms. The minimum Gasteiger partial charge on any atom is -0.383 e. The van der Waals surface area contributed by atoms with Gasteiger partial charge in [-0.25, -0.2) is 0 Å². The van der Waals surface area contributed by atoms with Crippen LogP contribution in [0.3, 0.4) is 0 Å². The van der Waals surface area contributed by atoms with Crippen LogP contribution < -0.4 is 0 Å². The van der Waals surface area contributed by atoms with Gasteiger partial charge in [0.1, 0.15) is 0 Å². The summed E-state index contributed by atoms with van der Waals surface area (Å²) in [6.45, 7) is 3.37. The van der Waals surface area contributed by atoms with Crippen LogP contribution in [-0.2, 0) is 4.79 Å². The van der Waals surface area contributed by atoms with Crippen molar-refractivity contribution in [2.75, 3.05) is 14.1 Å². The topological polar surface area (TPSA) is 20.3 Å². The third-order valence-electron chi connectivity index (χ3n) is 1.29. The number of carbonyl (C=O) groups excluding carboxylic acids is 1. The summed E-state index contributed by atoms with van der Waals surface area (Å²) in [6, 6.07) is 0. The Balaban J connectivity index is 4.02. The molecule has 11 heavy (non-hydrogen) atoms. The van der Waals surface area contributed by atoms with Crippen molar-refractivity contribution >= 4 is 5.78 Å². The highest BCUT2D eigenvalue weighted by molar-refractivity contribution is 5.92. The maximum absolute atomic E-state index is 10.7. The summed E-state index contributed by atoms with van der Waals surface area (Å²) < 4.78 is 0. The third kappa shape index (κ3) is 5.40. The van der Waals surface area contributed by atoms with Crippen LogP contribution in [-0.4, -0.2) is 24.8 Å². The first-order valence-electron chi connectivity index (χ1n) is 3.56. The molecule has 0 N–H and O–H groups in total. The maximum atomic E-state index is 10.7. The summed E-state index contributed by atoms with van der Waals surface area (Å²) in [6.07, 6.45) is 5.56. The second-order valence-electron chi connectivity index (χ2n) is 2.71. The zero-order valence-corrected chi connectivity index (χ0v) is 7.59. The van der Waals surface area contributed by atoms with E-state index in [1.54, 1.807) is 6.92 Å². The molecular formula is C9H15NO. The molecule has 0 rings (SSSR count). The van der Waals surface area contributed by atoms with Gasteiger partial charge < -0.3 is 4.90 Å². The molecule has 0 spiro atoms. The molecule has 0 radical (unpaired) electrons. The van der Waals surface area contributed by atoms with Gasteiger partial charge >= 0.3 is 0 Å². The van der Waals surface area contributed by atoms with E-state index in [9.17, 15) is 4.79 Å². The summed E-state index contributed by atoms with van der Waals surface area (Å²) >= 11 is 0. The second-order valence-corrected chi connectivity index (χ2v) is 2.71. The largest absolute Gasteiger partial charge is 0.383 e. The highest BCUT2D eigenvalue weighted by Crippen LogP contribution is 1.93. The Morgan fingerprint density at radius 2 is 1.82 bits per heavy atom. The molecule has 0 aliphatic rings. The molecule has 0 unspecified atom stereocenters. The van der Waals surface area contributed by atoms with E-state index >= 15 is 0 Å². The molecule has 0 saturated heterocycles. The summed E-state index contributed by atoms with van der Waals surface area (Å²) in [5.41, 5.74) is 0.781. The highest BCUT2D eigenvalue weighted by atomic mass is 16.1. The smallest absolute Gasteiger partial charge is 0.155 e. The zero-order valence-electron chi connectivity index (χ0n) is 7.59. The van der Waals surface area contributed by atoms with Gasteiger partial charge in [-0.1, -0.05) is 6.08 Å². The van der Waals surface area contributed by atoms with Gasteiger partial charge in [0.05, 0.1) is 0 Å². The minimum atomic E-state index is 0.119. The fourth-order valence-electron chi connectivity index (χ4n) is 0.477. The molecule has 0 amide bonds. The van der Waals surface area contributed by atoms with E-state index in [-0.39, 0.29) is 5.78 Å². The number of carbonyl (C=O) groups is 1. The van der Waals surface area contributed by atoms with E-state index in [0.717, 1.165) is 5.57 Å². The van der Waals surface area contributed by atoms with Gasteiger partial charge in [-0.3, -0.25) is 4.79 Å². The van der Waals surface area contributed by atoms with Crippen molar-refractivity contribution in [1.29, 1.82) is 0 Å². The van der Waals surface area contributed by atoms with Crippen molar-refractivity contribution < 1.29 is 4.79 Å². The van der Waals surface area contributed by atoms with Crippen LogP contribution >= 0.6 is 0 Å². The second kappa shape index (κ2) is 4.72. The molecule has 62 valence electrons. The highest BCUT2D eigenvalue weighted by Gasteiger charge is 1.91.